The van der Waals surface area contributed by atoms with E-state index >= 15 is 0 Å². The van der Waals surface area contributed by atoms with Crippen LogP contribution in [-0.2, 0) is 0 Å². The molecule has 1 aromatic heterocycles. The second kappa shape index (κ2) is 8.26. The third kappa shape index (κ3) is 5.15. The van der Waals surface area contributed by atoms with Crippen molar-refractivity contribution in [3.05, 3.63) is 66.5 Å². The number of rotatable bonds is 4. The van der Waals surface area contributed by atoms with Gasteiger partial charge >= 0.3 is 6.18 Å². The van der Waals surface area contributed by atoms with Crippen molar-refractivity contribution in [3.63, 3.8) is 0 Å². The van der Waals surface area contributed by atoms with Crippen LogP contribution in [0.5, 0.6) is 0 Å². The second-order valence-corrected chi connectivity index (χ2v) is 7.12. The summed E-state index contributed by atoms with van der Waals surface area (Å²) < 4.78 is 43.4. The van der Waals surface area contributed by atoms with E-state index in [2.05, 4.69) is 20.9 Å². The molecule has 1 unspecified atom stereocenters. The maximum absolute atomic E-state index is 12.9. The number of carbonyl (C=O) groups is 1. The average Bonchev–Trinajstić information content (AvgIpc) is 3.19. The van der Waals surface area contributed by atoms with Gasteiger partial charge in [0.15, 0.2) is 22.1 Å². The van der Waals surface area contributed by atoms with Gasteiger partial charge in [-0.3, -0.25) is 4.79 Å². The topological polar surface area (TPSA) is 79.2 Å². The number of nitrogens with zero attached hydrogens (tertiary/aromatic N) is 1. The van der Waals surface area contributed by atoms with Crippen molar-refractivity contribution in [1.82, 2.24) is 10.3 Å². The molecule has 1 heterocycles. The molecular weight excluding hydrogens is 429 g/mol. The molecule has 6 nitrogen and oxygen atoms in total. The van der Waals surface area contributed by atoms with Crippen molar-refractivity contribution in [1.29, 1.82) is 0 Å². The van der Waals surface area contributed by atoms with E-state index < -0.39 is 23.4 Å². The molecule has 1 aliphatic rings. The highest BCUT2D eigenvalue weighted by molar-refractivity contribution is 7.80. The molecule has 0 bridgehead atoms. The minimum atomic E-state index is -4.54. The Labute approximate surface area is 173 Å². The fourth-order valence-corrected chi connectivity index (χ4v) is 2.75. The fraction of sp³-hybridized carbons (Fsp3) is 0.167. The lowest BCUT2D eigenvalue weighted by Crippen LogP contribution is -2.39. The molecule has 1 amide bonds. The van der Waals surface area contributed by atoms with Crippen LogP contribution < -0.4 is 16.0 Å². The molecule has 1 aromatic carbocycles. The summed E-state index contributed by atoms with van der Waals surface area (Å²) in [5, 5.41) is 8.54. The zero-order chi connectivity index (χ0) is 21.1. The molecule has 0 spiro atoms. The minimum Gasteiger partial charge on any atom is -0.451 e. The molecule has 1 atom stereocenters. The van der Waals surface area contributed by atoms with Gasteiger partial charge in [0.2, 0.25) is 0 Å². The van der Waals surface area contributed by atoms with Gasteiger partial charge in [0, 0.05) is 17.1 Å². The van der Waals surface area contributed by atoms with Crippen LogP contribution in [0.3, 0.4) is 0 Å². The summed E-state index contributed by atoms with van der Waals surface area (Å²) in [5.74, 6) is -0.415. The van der Waals surface area contributed by atoms with E-state index in [9.17, 15) is 18.0 Å². The quantitative estimate of drug-likeness (QED) is 0.474. The van der Waals surface area contributed by atoms with Gasteiger partial charge in [0.25, 0.3) is 5.91 Å². The van der Waals surface area contributed by atoms with Crippen LogP contribution in [-0.4, -0.2) is 27.1 Å². The number of aromatic nitrogens is 1. The normalized spacial score (nSPS) is 18.7. The Morgan fingerprint density at radius 2 is 1.83 bits per heavy atom. The third-order valence-electron chi connectivity index (χ3n) is 3.94. The van der Waals surface area contributed by atoms with Crippen LogP contribution in [0.4, 0.5) is 24.5 Å². The minimum absolute atomic E-state index is 0.151. The molecule has 0 fully saturated rings. The van der Waals surface area contributed by atoms with Gasteiger partial charge in [-0.05, 0) is 49.0 Å². The Bertz CT molecular complexity index is 958. The van der Waals surface area contributed by atoms with Crippen molar-refractivity contribution in [2.45, 2.75) is 17.5 Å². The van der Waals surface area contributed by atoms with Gasteiger partial charge in [-0.15, -0.1) is 11.6 Å². The first-order valence-electron chi connectivity index (χ1n) is 8.19. The Kier molecular flexibility index (Phi) is 5.94. The number of thiocarbonyl (C=S) groups is 1. The van der Waals surface area contributed by atoms with Crippen LogP contribution >= 0.6 is 23.8 Å². The standard InChI is InChI=1S/C18H14ClF3N4O2S/c19-17(18(20,21)22)7-5-13(6-8-17)26-16(29)25-12-3-1-11(2-4-12)24-15(27)14-9-28-10-23-14/h1-7,9-10H,8H2,(H,24,27)(H2,25,26,29). The monoisotopic (exact) mass is 442 g/mol. The number of nitrogens with one attached hydrogen (secondary N) is 3. The number of halogens is 4. The number of anilines is 2. The highest BCUT2D eigenvalue weighted by Gasteiger charge is 2.51. The number of benzene rings is 1. The summed E-state index contributed by atoms with van der Waals surface area (Å²) in [6, 6.07) is 6.64. The highest BCUT2D eigenvalue weighted by atomic mass is 35.5. The van der Waals surface area contributed by atoms with Crippen LogP contribution in [0.1, 0.15) is 16.9 Å². The molecule has 0 saturated carbocycles. The summed E-state index contributed by atoms with van der Waals surface area (Å²) in [4.78, 5) is 13.2. The van der Waals surface area contributed by atoms with E-state index in [0.29, 0.717) is 17.1 Å². The average molecular weight is 443 g/mol. The molecule has 3 rings (SSSR count). The molecule has 29 heavy (non-hydrogen) atoms. The number of amides is 1. The van der Waals surface area contributed by atoms with Crippen LogP contribution in [0.2, 0.25) is 0 Å². The van der Waals surface area contributed by atoms with Crippen molar-refractivity contribution >= 4 is 46.2 Å². The lowest BCUT2D eigenvalue weighted by atomic mass is 9.98. The Balaban J connectivity index is 1.52. The largest absolute Gasteiger partial charge is 0.451 e. The Morgan fingerprint density at radius 1 is 1.17 bits per heavy atom. The van der Waals surface area contributed by atoms with Crippen LogP contribution in [0.15, 0.2) is 65.3 Å². The molecule has 1 aliphatic carbocycles. The first-order chi connectivity index (χ1) is 13.7. The van der Waals surface area contributed by atoms with Crippen molar-refractivity contribution in [2.75, 3.05) is 10.6 Å². The zero-order valence-corrected chi connectivity index (χ0v) is 16.2. The third-order valence-corrected chi connectivity index (χ3v) is 4.64. The molecule has 152 valence electrons. The number of hydrogen-bond acceptors (Lipinski definition) is 4. The van der Waals surface area contributed by atoms with Crippen molar-refractivity contribution in [2.24, 2.45) is 0 Å². The zero-order valence-electron chi connectivity index (χ0n) is 14.6. The maximum Gasteiger partial charge on any atom is 0.411 e. The van der Waals surface area contributed by atoms with Gasteiger partial charge in [0.05, 0.1) is 0 Å². The van der Waals surface area contributed by atoms with E-state index in [1.54, 1.807) is 24.3 Å². The van der Waals surface area contributed by atoms with Crippen LogP contribution in [0.25, 0.3) is 0 Å². The summed E-state index contributed by atoms with van der Waals surface area (Å²) in [6.45, 7) is 0. The molecule has 0 aliphatic heterocycles. The number of allylic oxidation sites excluding steroid dienone is 3. The molecule has 0 saturated heterocycles. The number of carbonyl (C=O) groups excluding carboxylic acids is 1. The summed E-state index contributed by atoms with van der Waals surface area (Å²) in [5.41, 5.74) is 1.70. The summed E-state index contributed by atoms with van der Waals surface area (Å²) >= 11 is 10.8. The predicted molar refractivity (Wildman–Crippen MR) is 107 cm³/mol. The SMILES string of the molecule is O=C(Nc1ccc(NC(=S)NC2=CCC(Cl)(C(F)(F)F)C=C2)cc1)c1cocn1. The lowest BCUT2D eigenvalue weighted by Gasteiger charge is -2.28. The highest BCUT2D eigenvalue weighted by Crippen LogP contribution is 2.42. The second-order valence-electron chi connectivity index (χ2n) is 6.04. The Hall–Kier alpha value is -2.85. The fourth-order valence-electron chi connectivity index (χ4n) is 2.37. The van der Waals surface area contributed by atoms with Crippen LogP contribution in [0, 0.1) is 0 Å². The maximum atomic E-state index is 12.9. The van der Waals surface area contributed by atoms with E-state index in [1.807, 2.05) is 0 Å². The molecule has 3 N–H and O–H groups in total. The van der Waals surface area contributed by atoms with E-state index in [0.717, 1.165) is 12.5 Å². The van der Waals surface area contributed by atoms with Gasteiger partial charge in [-0.2, -0.15) is 13.2 Å². The Morgan fingerprint density at radius 3 is 2.34 bits per heavy atom. The summed E-state index contributed by atoms with van der Waals surface area (Å²) in [6.07, 6.45) is 0.898. The van der Waals surface area contributed by atoms with Gasteiger partial charge in [-0.1, -0.05) is 12.2 Å². The number of hydrogen-bond donors (Lipinski definition) is 3. The molecule has 2 aromatic rings. The molecule has 0 radical (unpaired) electrons. The summed E-state index contributed by atoms with van der Waals surface area (Å²) in [7, 11) is 0. The first kappa shape index (κ1) is 20.9. The lowest BCUT2D eigenvalue weighted by molar-refractivity contribution is -0.149. The van der Waals surface area contributed by atoms with Crippen molar-refractivity contribution in [3.8, 4) is 0 Å². The van der Waals surface area contributed by atoms with Gasteiger partial charge in [-0.25, -0.2) is 4.98 Å². The van der Waals surface area contributed by atoms with E-state index in [1.165, 1.54) is 18.4 Å². The van der Waals surface area contributed by atoms with E-state index in [4.69, 9.17) is 28.2 Å². The van der Waals surface area contributed by atoms with Gasteiger partial charge in [0.1, 0.15) is 6.26 Å². The number of alkyl halides is 4. The van der Waals surface area contributed by atoms with E-state index in [-0.39, 0.29) is 10.8 Å². The predicted octanol–water partition coefficient (Wildman–Crippen LogP) is 4.60. The number of oxazole rings is 1. The van der Waals surface area contributed by atoms with Gasteiger partial charge < -0.3 is 20.4 Å². The van der Waals surface area contributed by atoms with Crippen molar-refractivity contribution < 1.29 is 22.4 Å². The smallest absolute Gasteiger partial charge is 0.411 e. The first-order valence-corrected chi connectivity index (χ1v) is 8.97. The molecule has 11 heteroatoms. The molecular formula is C18H14ClF3N4O2S.